The number of hydrogen-bond donors (Lipinski definition) is 1. The molecule has 0 aliphatic rings. The Morgan fingerprint density at radius 1 is 1.14 bits per heavy atom. The smallest absolute Gasteiger partial charge is 0.159 e. The molecule has 6 heteroatoms. The lowest BCUT2D eigenvalue weighted by Gasteiger charge is -2.10. The third-order valence-electron chi connectivity index (χ3n) is 2.89. The van der Waals surface area contributed by atoms with Gasteiger partial charge in [-0.15, -0.1) is 0 Å². The molecule has 2 aromatic carbocycles. The van der Waals surface area contributed by atoms with E-state index in [-0.39, 0.29) is 0 Å². The number of anilines is 1. The van der Waals surface area contributed by atoms with Crippen molar-refractivity contribution in [3.05, 3.63) is 64.2 Å². The van der Waals surface area contributed by atoms with Crippen LogP contribution in [0, 0.1) is 11.6 Å². The number of nitrogens with one attached hydrogen (secondary N) is 1. The second kappa shape index (κ2) is 7.00. The Balaban J connectivity index is 2.09. The molecular formula is C15H14ClF2NOS. The minimum Gasteiger partial charge on any atom is -0.381 e. The summed E-state index contributed by atoms with van der Waals surface area (Å²) in [6, 6.07) is 9.08. The van der Waals surface area contributed by atoms with Crippen molar-refractivity contribution >= 4 is 28.1 Å². The second-order valence-corrected chi connectivity index (χ2v) is 6.47. The van der Waals surface area contributed by atoms with Gasteiger partial charge in [0.05, 0.1) is 0 Å². The van der Waals surface area contributed by atoms with E-state index in [4.69, 9.17) is 11.6 Å². The zero-order chi connectivity index (χ0) is 15.4. The van der Waals surface area contributed by atoms with Crippen molar-refractivity contribution in [2.24, 2.45) is 0 Å². The van der Waals surface area contributed by atoms with Crippen molar-refractivity contribution in [3.63, 3.8) is 0 Å². The third-order valence-corrected chi connectivity index (χ3v) is 3.97. The van der Waals surface area contributed by atoms with Gasteiger partial charge >= 0.3 is 0 Å². The first-order valence-electron chi connectivity index (χ1n) is 6.22. The average Bonchev–Trinajstić information content (AvgIpc) is 2.43. The number of benzene rings is 2. The van der Waals surface area contributed by atoms with E-state index < -0.39 is 22.4 Å². The van der Waals surface area contributed by atoms with E-state index in [9.17, 15) is 13.0 Å². The van der Waals surface area contributed by atoms with Gasteiger partial charge in [-0.05, 0) is 41.5 Å². The Hall–Kier alpha value is -1.46. The van der Waals surface area contributed by atoms with E-state index in [0.29, 0.717) is 22.9 Å². The molecule has 0 amide bonds. The molecule has 0 saturated heterocycles. The van der Waals surface area contributed by atoms with Gasteiger partial charge in [-0.1, -0.05) is 17.7 Å². The van der Waals surface area contributed by atoms with Crippen LogP contribution in [-0.2, 0) is 23.1 Å². The van der Waals surface area contributed by atoms with Crippen LogP contribution in [0.4, 0.5) is 14.5 Å². The van der Waals surface area contributed by atoms with E-state index in [1.54, 1.807) is 18.4 Å². The van der Waals surface area contributed by atoms with Crippen LogP contribution in [0.25, 0.3) is 0 Å². The van der Waals surface area contributed by atoms with Crippen LogP contribution in [0.5, 0.6) is 0 Å². The average molecular weight is 330 g/mol. The molecular weight excluding hydrogens is 316 g/mol. The molecule has 0 aliphatic heterocycles. The molecule has 0 heterocycles. The van der Waals surface area contributed by atoms with Crippen molar-refractivity contribution in [3.8, 4) is 0 Å². The maximum absolute atomic E-state index is 13.1. The van der Waals surface area contributed by atoms with Crippen LogP contribution >= 0.6 is 11.6 Å². The van der Waals surface area contributed by atoms with Gasteiger partial charge in [-0.2, -0.15) is 0 Å². The van der Waals surface area contributed by atoms with Crippen molar-refractivity contribution in [2.45, 2.75) is 12.3 Å². The summed E-state index contributed by atoms with van der Waals surface area (Å²) in [4.78, 5) is 0. The molecule has 2 aromatic rings. The normalized spacial score (nSPS) is 12.2. The fourth-order valence-electron chi connectivity index (χ4n) is 1.87. The Kier molecular flexibility index (Phi) is 5.31. The Morgan fingerprint density at radius 3 is 2.57 bits per heavy atom. The van der Waals surface area contributed by atoms with Crippen molar-refractivity contribution in [2.75, 3.05) is 11.6 Å². The topological polar surface area (TPSA) is 29.1 Å². The maximum atomic E-state index is 13.1. The van der Waals surface area contributed by atoms with E-state index in [1.165, 1.54) is 6.07 Å². The molecule has 0 aliphatic carbocycles. The van der Waals surface area contributed by atoms with Gasteiger partial charge in [0.2, 0.25) is 0 Å². The summed E-state index contributed by atoms with van der Waals surface area (Å²) >= 11 is 6.04. The summed E-state index contributed by atoms with van der Waals surface area (Å²) in [5.74, 6) is -1.36. The Bertz CT molecular complexity index is 679. The lowest BCUT2D eigenvalue weighted by Crippen LogP contribution is -2.02. The van der Waals surface area contributed by atoms with Gasteiger partial charge in [0.15, 0.2) is 11.6 Å². The largest absolute Gasteiger partial charge is 0.381 e. The highest BCUT2D eigenvalue weighted by atomic mass is 35.5. The summed E-state index contributed by atoms with van der Waals surface area (Å²) in [6.07, 6.45) is 1.61. The first-order valence-corrected chi connectivity index (χ1v) is 8.32. The van der Waals surface area contributed by atoms with E-state index >= 15 is 0 Å². The highest BCUT2D eigenvalue weighted by Crippen LogP contribution is 2.22. The molecule has 0 radical (unpaired) electrons. The predicted molar refractivity (Wildman–Crippen MR) is 82.9 cm³/mol. The highest BCUT2D eigenvalue weighted by molar-refractivity contribution is 7.83. The van der Waals surface area contributed by atoms with Crippen molar-refractivity contribution in [1.29, 1.82) is 0 Å². The van der Waals surface area contributed by atoms with Crippen LogP contribution in [0.2, 0.25) is 5.02 Å². The van der Waals surface area contributed by atoms with Crippen LogP contribution in [-0.4, -0.2) is 10.5 Å². The van der Waals surface area contributed by atoms with Crippen molar-refractivity contribution < 1.29 is 13.0 Å². The predicted octanol–water partition coefficient (Wildman–Crippen LogP) is 4.11. The first kappa shape index (κ1) is 15.9. The monoisotopic (exact) mass is 329 g/mol. The molecule has 0 spiro atoms. The zero-order valence-corrected chi connectivity index (χ0v) is 12.9. The third kappa shape index (κ3) is 4.51. The molecule has 1 N–H and O–H groups in total. The van der Waals surface area contributed by atoms with E-state index in [1.807, 2.05) is 6.07 Å². The molecule has 2 rings (SSSR count). The molecule has 21 heavy (non-hydrogen) atoms. The molecule has 0 bridgehead atoms. The van der Waals surface area contributed by atoms with Crippen molar-refractivity contribution in [1.82, 2.24) is 0 Å². The van der Waals surface area contributed by atoms with Crippen LogP contribution in [0.15, 0.2) is 36.4 Å². The summed E-state index contributed by atoms with van der Waals surface area (Å²) in [7, 11) is -0.984. The number of rotatable bonds is 5. The Morgan fingerprint density at radius 2 is 1.90 bits per heavy atom. The van der Waals surface area contributed by atoms with E-state index in [2.05, 4.69) is 5.32 Å². The fourth-order valence-corrected chi connectivity index (χ4v) is 2.81. The molecule has 0 fully saturated rings. The number of halogens is 3. The van der Waals surface area contributed by atoms with Gasteiger partial charge in [0, 0.05) is 40.1 Å². The molecule has 0 saturated carbocycles. The van der Waals surface area contributed by atoms with Gasteiger partial charge < -0.3 is 5.32 Å². The second-order valence-electron chi connectivity index (χ2n) is 4.63. The summed E-state index contributed by atoms with van der Waals surface area (Å²) in [5.41, 5.74) is 2.20. The van der Waals surface area contributed by atoms with Crippen LogP contribution in [0.3, 0.4) is 0 Å². The molecule has 2 nitrogen and oxygen atoms in total. The van der Waals surface area contributed by atoms with Gasteiger partial charge in [0.25, 0.3) is 0 Å². The molecule has 1 atom stereocenters. The van der Waals surface area contributed by atoms with Gasteiger partial charge in [-0.3, -0.25) is 4.21 Å². The van der Waals surface area contributed by atoms with Gasteiger partial charge in [-0.25, -0.2) is 8.78 Å². The van der Waals surface area contributed by atoms with Gasteiger partial charge in [0.1, 0.15) is 0 Å². The highest BCUT2D eigenvalue weighted by Gasteiger charge is 2.06. The SMILES string of the molecule is C[S@@](=O)Cc1cc(NCc2ccc(F)c(F)c2)ccc1Cl. The maximum Gasteiger partial charge on any atom is 0.159 e. The molecule has 0 aromatic heterocycles. The summed E-state index contributed by atoms with van der Waals surface area (Å²) < 4.78 is 37.2. The summed E-state index contributed by atoms with van der Waals surface area (Å²) in [5, 5.41) is 3.66. The first-order chi connectivity index (χ1) is 9.95. The number of hydrogen-bond acceptors (Lipinski definition) is 2. The zero-order valence-electron chi connectivity index (χ0n) is 11.3. The Labute approximate surface area is 129 Å². The molecule has 112 valence electrons. The molecule has 0 unspecified atom stereocenters. The van der Waals surface area contributed by atoms with Crippen LogP contribution in [0.1, 0.15) is 11.1 Å². The summed E-state index contributed by atoms with van der Waals surface area (Å²) in [6.45, 7) is 0.355. The fraction of sp³-hybridized carbons (Fsp3) is 0.200. The minimum absolute atomic E-state index is 0.355. The van der Waals surface area contributed by atoms with E-state index in [0.717, 1.165) is 23.4 Å². The van der Waals surface area contributed by atoms with Crippen LogP contribution < -0.4 is 5.32 Å². The minimum atomic E-state index is -0.984. The quantitative estimate of drug-likeness (QED) is 0.894. The standard InChI is InChI=1S/C15H14ClF2NOS/c1-21(20)9-11-7-12(3-4-13(11)16)19-8-10-2-5-14(17)15(18)6-10/h2-7,19H,8-9H2,1H3/t21-/m1/s1. The lowest BCUT2D eigenvalue weighted by atomic mass is 10.2. The lowest BCUT2D eigenvalue weighted by molar-refractivity contribution is 0.507.